The zero-order chi connectivity index (χ0) is 15.1. The van der Waals surface area contributed by atoms with Gasteiger partial charge < -0.3 is 5.11 Å². The highest BCUT2D eigenvalue weighted by Gasteiger charge is 2.34. The molecule has 1 heterocycles. The molecule has 0 aliphatic carbocycles. The lowest BCUT2D eigenvalue weighted by molar-refractivity contribution is -0.140. The highest BCUT2D eigenvalue weighted by molar-refractivity contribution is 9.12. The van der Waals surface area contributed by atoms with Crippen LogP contribution in [0.25, 0.3) is 0 Å². The first-order valence-electron chi connectivity index (χ1n) is 5.19. The predicted molar refractivity (Wildman–Crippen MR) is 75.2 cm³/mol. The van der Waals surface area contributed by atoms with Gasteiger partial charge in [-0.15, -0.1) is 11.3 Å². The van der Waals surface area contributed by atoms with Crippen LogP contribution in [0.1, 0.15) is 22.8 Å². The van der Waals surface area contributed by atoms with Crippen LogP contribution in [0.15, 0.2) is 31.8 Å². The van der Waals surface area contributed by atoms with Crippen molar-refractivity contribution in [1.82, 2.24) is 0 Å². The average molecular weight is 434 g/mol. The minimum Gasteiger partial charge on any atom is -0.384 e. The first-order valence-corrected chi connectivity index (χ1v) is 7.60. The molecule has 1 N–H and O–H groups in total. The second-order valence-corrected chi connectivity index (χ2v) is 7.67. The summed E-state index contributed by atoms with van der Waals surface area (Å²) in [6.07, 6.45) is -6.07. The Hall–Kier alpha value is -0.440. The molecule has 1 atom stereocenters. The van der Waals surface area contributed by atoms with Gasteiger partial charge in [0, 0.05) is 5.56 Å². The quantitative estimate of drug-likeness (QED) is 0.619. The molecule has 1 nitrogen and oxygen atoms in total. The molecule has 2 rings (SSSR count). The van der Waals surface area contributed by atoms with Gasteiger partial charge in [-0.2, -0.15) is 13.2 Å². The van der Waals surface area contributed by atoms with Crippen LogP contribution in [-0.4, -0.2) is 5.11 Å². The number of halogens is 6. The number of aliphatic hydroxyl groups is 1. The molecule has 0 bridgehead atoms. The van der Waals surface area contributed by atoms with E-state index in [1.165, 1.54) is 11.3 Å². The van der Waals surface area contributed by atoms with Crippen molar-refractivity contribution in [3.8, 4) is 0 Å². The molecular weight excluding hydrogens is 428 g/mol. The molecule has 20 heavy (non-hydrogen) atoms. The van der Waals surface area contributed by atoms with Gasteiger partial charge in [-0.05, 0) is 55.6 Å². The zero-order valence-electron chi connectivity index (χ0n) is 9.51. The van der Waals surface area contributed by atoms with Gasteiger partial charge in [0.1, 0.15) is 11.9 Å². The molecule has 8 heteroatoms. The van der Waals surface area contributed by atoms with Crippen molar-refractivity contribution in [3.05, 3.63) is 54.3 Å². The van der Waals surface area contributed by atoms with Crippen molar-refractivity contribution >= 4 is 43.2 Å². The van der Waals surface area contributed by atoms with Crippen molar-refractivity contribution in [2.75, 3.05) is 0 Å². The molecule has 108 valence electrons. The molecule has 0 fully saturated rings. The fourth-order valence-electron chi connectivity index (χ4n) is 1.65. The minimum absolute atomic E-state index is 0.0234. The standard InChI is InChI=1S/C12H6Br2F4OS/c13-9-4-6(11(14)20-9)10(19)5-1-2-8(15)7(3-5)12(16,17)18/h1-4,10,19H. The van der Waals surface area contributed by atoms with Gasteiger partial charge in [0.15, 0.2) is 0 Å². The number of rotatable bonds is 2. The van der Waals surface area contributed by atoms with Crippen LogP contribution in [0.2, 0.25) is 0 Å². The molecule has 2 aromatic rings. The van der Waals surface area contributed by atoms with E-state index in [2.05, 4.69) is 31.9 Å². The summed E-state index contributed by atoms with van der Waals surface area (Å²) in [5.41, 5.74) is -0.995. The van der Waals surface area contributed by atoms with Crippen LogP contribution in [-0.2, 0) is 6.18 Å². The summed E-state index contributed by atoms with van der Waals surface area (Å²) in [6.45, 7) is 0. The molecular formula is C12H6Br2F4OS. The average Bonchev–Trinajstić information content (AvgIpc) is 2.66. The first-order chi connectivity index (χ1) is 9.20. The minimum atomic E-state index is -4.80. The van der Waals surface area contributed by atoms with Gasteiger partial charge in [-0.1, -0.05) is 6.07 Å². The summed E-state index contributed by atoms with van der Waals surface area (Å²) in [5, 5.41) is 10.1. The molecule has 0 aliphatic heterocycles. The van der Waals surface area contributed by atoms with Crippen molar-refractivity contribution < 1.29 is 22.7 Å². The molecule has 1 unspecified atom stereocenters. The molecule has 0 spiro atoms. The third-order valence-electron chi connectivity index (χ3n) is 2.59. The molecule has 1 aromatic heterocycles. The number of benzene rings is 1. The summed E-state index contributed by atoms with van der Waals surface area (Å²) in [6, 6.07) is 4.05. The van der Waals surface area contributed by atoms with Crippen molar-refractivity contribution in [2.45, 2.75) is 12.3 Å². The Morgan fingerprint density at radius 2 is 1.80 bits per heavy atom. The van der Waals surface area contributed by atoms with Crippen LogP contribution >= 0.6 is 43.2 Å². The monoisotopic (exact) mass is 432 g/mol. The number of aliphatic hydroxyl groups excluding tert-OH is 1. The maximum atomic E-state index is 13.2. The second kappa shape index (κ2) is 5.75. The smallest absolute Gasteiger partial charge is 0.384 e. The maximum Gasteiger partial charge on any atom is 0.419 e. The Morgan fingerprint density at radius 1 is 1.15 bits per heavy atom. The van der Waals surface area contributed by atoms with E-state index in [4.69, 9.17) is 0 Å². The number of hydrogen-bond acceptors (Lipinski definition) is 2. The summed E-state index contributed by atoms with van der Waals surface area (Å²) in [7, 11) is 0. The van der Waals surface area contributed by atoms with E-state index in [1.54, 1.807) is 6.07 Å². The molecule has 0 aliphatic rings. The third kappa shape index (κ3) is 3.24. The van der Waals surface area contributed by atoms with Gasteiger partial charge in [0.2, 0.25) is 0 Å². The lowest BCUT2D eigenvalue weighted by Gasteiger charge is -2.14. The van der Waals surface area contributed by atoms with E-state index in [9.17, 15) is 22.7 Å². The Bertz CT molecular complexity index is 639. The largest absolute Gasteiger partial charge is 0.419 e. The normalized spacial score (nSPS) is 13.6. The molecule has 0 amide bonds. The van der Waals surface area contributed by atoms with E-state index in [0.717, 1.165) is 9.85 Å². The fraction of sp³-hybridized carbons (Fsp3) is 0.167. The van der Waals surface area contributed by atoms with Gasteiger partial charge in [0.25, 0.3) is 0 Å². The van der Waals surface area contributed by atoms with E-state index in [0.29, 0.717) is 21.5 Å². The first kappa shape index (κ1) is 15.9. The van der Waals surface area contributed by atoms with Crippen LogP contribution in [0.3, 0.4) is 0 Å². The SMILES string of the molecule is OC(c1ccc(F)c(C(F)(F)F)c1)c1cc(Br)sc1Br. The van der Waals surface area contributed by atoms with Gasteiger partial charge >= 0.3 is 6.18 Å². The Morgan fingerprint density at radius 3 is 2.30 bits per heavy atom. The van der Waals surface area contributed by atoms with E-state index in [-0.39, 0.29) is 5.56 Å². The topological polar surface area (TPSA) is 20.2 Å². The summed E-state index contributed by atoms with van der Waals surface area (Å²) < 4.78 is 52.4. The van der Waals surface area contributed by atoms with E-state index >= 15 is 0 Å². The van der Waals surface area contributed by atoms with Gasteiger partial charge in [0.05, 0.1) is 13.1 Å². The van der Waals surface area contributed by atoms with Gasteiger partial charge in [-0.3, -0.25) is 0 Å². The highest BCUT2D eigenvalue weighted by atomic mass is 79.9. The van der Waals surface area contributed by atoms with Crippen LogP contribution < -0.4 is 0 Å². The maximum absolute atomic E-state index is 13.2. The van der Waals surface area contributed by atoms with E-state index < -0.39 is 23.7 Å². The molecule has 1 aromatic carbocycles. The Kier molecular flexibility index (Phi) is 4.58. The van der Waals surface area contributed by atoms with E-state index in [1.807, 2.05) is 0 Å². The van der Waals surface area contributed by atoms with Crippen molar-refractivity contribution in [3.63, 3.8) is 0 Å². The predicted octanol–water partition coefficient (Wildman–Crippen LogP) is 5.51. The van der Waals surface area contributed by atoms with Crippen LogP contribution in [0, 0.1) is 5.82 Å². The zero-order valence-corrected chi connectivity index (χ0v) is 13.5. The van der Waals surface area contributed by atoms with Gasteiger partial charge in [-0.25, -0.2) is 4.39 Å². The number of alkyl halides is 3. The number of hydrogen-bond donors (Lipinski definition) is 1. The lowest BCUT2D eigenvalue weighted by Crippen LogP contribution is -2.10. The molecule has 0 saturated heterocycles. The lowest BCUT2D eigenvalue weighted by atomic mass is 10.0. The van der Waals surface area contributed by atoms with Crippen LogP contribution in [0.4, 0.5) is 17.6 Å². The fourth-order valence-corrected chi connectivity index (χ4v) is 4.53. The third-order valence-corrected chi connectivity index (χ3v) is 4.97. The molecule has 0 saturated carbocycles. The summed E-state index contributed by atoms with van der Waals surface area (Å²) in [4.78, 5) is 0. The van der Waals surface area contributed by atoms with Crippen molar-refractivity contribution in [2.24, 2.45) is 0 Å². The summed E-state index contributed by atoms with van der Waals surface area (Å²) in [5.74, 6) is -1.36. The number of thiophene rings is 1. The van der Waals surface area contributed by atoms with Crippen molar-refractivity contribution in [1.29, 1.82) is 0 Å². The Labute approximate surface area is 132 Å². The van der Waals surface area contributed by atoms with Crippen LogP contribution in [0.5, 0.6) is 0 Å². The Balaban J connectivity index is 2.46. The highest BCUT2D eigenvalue weighted by Crippen LogP contribution is 2.39. The summed E-state index contributed by atoms with van der Waals surface area (Å²) >= 11 is 7.72. The molecule has 0 radical (unpaired) electrons. The second-order valence-electron chi connectivity index (χ2n) is 3.92.